The molecule has 3 aromatic rings. The standard InChI is InChI=1S/C16H18N4O6S/c1-2-15-17-14(18-26-15)10-20-12-4-3-11(9-13(12)25-16(20)21)27(22,23)19-5-7-24-8-6-19/h3-4,9H,2,5-8,10H2,1H3. The molecular formula is C16H18N4O6S. The van der Waals surface area contributed by atoms with Crippen molar-refractivity contribution in [3.63, 3.8) is 0 Å². The molecule has 0 aliphatic carbocycles. The topological polar surface area (TPSA) is 121 Å². The molecule has 0 saturated carbocycles. The van der Waals surface area contributed by atoms with E-state index in [4.69, 9.17) is 13.7 Å². The first-order valence-electron chi connectivity index (χ1n) is 8.52. The monoisotopic (exact) mass is 394 g/mol. The van der Waals surface area contributed by atoms with Crippen molar-refractivity contribution < 1.29 is 22.1 Å². The summed E-state index contributed by atoms with van der Waals surface area (Å²) < 4.78 is 43.7. The molecule has 1 aliphatic heterocycles. The number of ether oxygens (including phenoxy) is 1. The number of hydrogen-bond acceptors (Lipinski definition) is 8. The van der Waals surface area contributed by atoms with E-state index in [0.717, 1.165) is 0 Å². The zero-order valence-electron chi connectivity index (χ0n) is 14.6. The van der Waals surface area contributed by atoms with Gasteiger partial charge in [0.2, 0.25) is 15.9 Å². The van der Waals surface area contributed by atoms with E-state index in [1.165, 1.54) is 21.0 Å². The number of rotatable bonds is 5. The number of aryl methyl sites for hydroxylation is 1. The number of fused-ring (bicyclic) bond motifs is 1. The van der Waals surface area contributed by atoms with Gasteiger partial charge in [0.15, 0.2) is 11.4 Å². The Bertz CT molecular complexity index is 1120. The van der Waals surface area contributed by atoms with Crippen LogP contribution in [-0.2, 0) is 27.7 Å². The molecule has 11 heteroatoms. The minimum Gasteiger partial charge on any atom is -0.408 e. The maximum Gasteiger partial charge on any atom is 0.420 e. The van der Waals surface area contributed by atoms with Gasteiger partial charge in [-0.2, -0.15) is 9.29 Å². The van der Waals surface area contributed by atoms with Gasteiger partial charge in [0.25, 0.3) is 0 Å². The van der Waals surface area contributed by atoms with Gasteiger partial charge in [0.05, 0.1) is 30.2 Å². The Balaban J connectivity index is 1.69. The van der Waals surface area contributed by atoms with E-state index in [2.05, 4.69) is 10.1 Å². The second-order valence-electron chi connectivity index (χ2n) is 6.06. The summed E-state index contributed by atoms with van der Waals surface area (Å²) in [5.74, 6) is 0.208. The van der Waals surface area contributed by atoms with E-state index in [9.17, 15) is 13.2 Å². The summed E-state index contributed by atoms with van der Waals surface area (Å²) in [7, 11) is -3.67. The first-order valence-corrected chi connectivity index (χ1v) is 9.96. The van der Waals surface area contributed by atoms with Crippen molar-refractivity contribution >= 4 is 21.1 Å². The molecule has 0 unspecified atom stereocenters. The van der Waals surface area contributed by atoms with E-state index < -0.39 is 15.8 Å². The van der Waals surface area contributed by atoms with Crippen LogP contribution in [0.25, 0.3) is 11.1 Å². The van der Waals surface area contributed by atoms with Gasteiger partial charge in [-0.15, -0.1) is 0 Å². The average Bonchev–Trinajstić information content (AvgIpc) is 3.26. The van der Waals surface area contributed by atoms with Crippen molar-refractivity contribution in [3.05, 3.63) is 40.5 Å². The molecule has 0 bridgehead atoms. The molecule has 2 aromatic heterocycles. The highest BCUT2D eigenvalue weighted by Crippen LogP contribution is 2.22. The fourth-order valence-corrected chi connectivity index (χ4v) is 4.36. The molecule has 0 atom stereocenters. The summed E-state index contributed by atoms with van der Waals surface area (Å²) in [4.78, 5) is 16.5. The number of morpholine rings is 1. The summed E-state index contributed by atoms with van der Waals surface area (Å²) in [6.45, 7) is 3.26. The molecule has 1 saturated heterocycles. The normalized spacial score (nSPS) is 16.2. The molecule has 1 aromatic carbocycles. The first kappa shape index (κ1) is 17.9. The Labute approximate surface area is 154 Å². The van der Waals surface area contributed by atoms with Crippen molar-refractivity contribution in [1.29, 1.82) is 0 Å². The zero-order valence-corrected chi connectivity index (χ0v) is 15.4. The third kappa shape index (κ3) is 3.29. The molecule has 0 N–H and O–H groups in total. The highest BCUT2D eigenvalue weighted by molar-refractivity contribution is 7.89. The number of oxazole rings is 1. The van der Waals surface area contributed by atoms with E-state index in [1.54, 1.807) is 6.07 Å². The third-order valence-corrected chi connectivity index (χ3v) is 6.25. The number of benzene rings is 1. The van der Waals surface area contributed by atoms with E-state index >= 15 is 0 Å². The minimum absolute atomic E-state index is 0.0743. The molecule has 27 heavy (non-hydrogen) atoms. The lowest BCUT2D eigenvalue weighted by Gasteiger charge is -2.25. The van der Waals surface area contributed by atoms with Crippen molar-refractivity contribution in [3.8, 4) is 0 Å². The van der Waals surface area contributed by atoms with Crippen LogP contribution in [0.15, 0.2) is 36.8 Å². The highest BCUT2D eigenvalue weighted by Gasteiger charge is 2.27. The Kier molecular flexibility index (Phi) is 4.58. The van der Waals surface area contributed by atoms with Crippen LogP contribution in [0, 0.1) is 0 Å². The number of nitrogens with zero attached hydrogens (tertiary/aromatic N) is 4. The predicted molar refractivity (Wildman–Crippen MR) is 92.8 cm³/mol. The molecule has 3 heterocycles. The Morgan fingerprint density at radius 3 is 2.70 bits per heavy atom. The van der Waals surface area contributed by atoms with Crippen LogP contribution in [0.2, 0.25) is 0 Å². The zero-order chi connectivity index (χ0) is 19.0. The lowest BCUT2D eigenvalue weighted by molar-refractivity contribution is 0.0730. The molecule has 0 amide bonds. The summed E-state index contributed by atoms with van der Waals surface area (Å²) in [5.41, 5.74) is 0.650. The van der Waals surface area contributed by atoms with Gasteiger partial charge in [-0.05, 0) is 12.1 Å². The van der Waals surface area contributed by atoms with Gasteiger partial charge < -0.3 is 13.7 Å². The lowest BCUT2D eigenvalue weighted by atomic mass is 10.3. The molecule has 144 valence electrons. The van der Waals surface area contributed by atoms with Crippen LogP contribution in [0.1, 0.15) is 18.6 Å². The quantitative estimate of drug-likeness (QED) is 0.617. The van der Waals surface area contributed by atoms with Gasteiger partial charge in [-0.3, -0.25) is 4.57 Å². The average molecular weight is 394 g/mol. The highest BCUT2D eigenvalue weighted by atomic mass is 32.2. The van der Waals surface area contributed by atoms with Gasteiger partial charge >= 0.3 is 5.76 Å². The second kappa shape index (κ2) is 6.91. The Hall–Kier alpha value is -2.50. The molecule has 10 nitrogen and oxygen atoms in total. The fraction of sp³-hybridized carbons (Fsp3) is 0.438. The van der Waals surface area contributed by atoms with Crippen molar-refractivity contribution in [2.24, 2.45) is 0 Å². The van der Waals surface area contributed by atoms with Crippen molar-refractivity contribution in [2.75, 3.05) is 26.3 Å². The van der Waals surface area contributed by atoms with Gasteiger partial charge in [0, 0.05) is 25.6 Å². The summed E-state index contributed by atoms with van der Waals surface area (Å²) >= 11 is 0. The summed E-state index contributed by atoms with van der Waals surface area (Å²) in [6.07, 6.45) is 0.594. The van der Waals surface area contributed by atoms with Gasteiger partial charge in [-0.1, -0.05) is 12.1 Å². The minimum atomic E-state index is -3.67. The Morgan fingerprint density at radius 2 is 2.00 bits per heavy atom. The maximum atomic E-state index is 12.8. The van der Waals surface area contributed by atoms with Crippen LogP contribution in [-0.4, -0.2) is 53.7 Å². The van der Waals surface area contributed by atoms with Crippen LogP contribution in [0.5, 0.6) is 0 Å². The first-order chi connectivity index (χ1) is 13.0. The lowest BCUT2D eigenvalue weighted by Crippen LogP contribution is -2.40. The number of sulfonamides is 1. The van der Waals surface area contributed by atoms with Crippen LogP contribution in [0.4, 0.5) is 0 Å². The molecule has 0 spiro atoms. The summed E-state index contributed by atoms with van der Waals surface area (Å²) in [5, 5.41) is 3.83. The molecule has 0 radical (unpaired) electrons. The van der Waals surface area contributed by atoms with Crippen LogP contribution >= 0.6 is 0 Å². The third-order valence-electron chi connectivity index (χ3n) is 4.36. The smallest absolute Gasteiger partial charge is 0.408 e. The van der Waals surface area contributed by atoms with E-state index in [0.29, 0.717) is 50.0 Å². The second-order valence-corrected chi connectivity index (χ2v) is 8.00. The van der Waals surface area contributed by atoms with Crippen molar-refractivity contribution in [2.45, 2.75) is 24.8 Å². The molecule has 4 rings (SSSR count). The van der Waals surface area contributed by atoms with Gasteiger partial charge in [0.1, 0.15) is 0 Å². The SMILES string of the molecule is CCc1nc(Cn2c(=O)oc3cc(S(=O)(=O)N4CCOCC4)ccc32)no1. The molecule has 1 fully saturated rings. The van der Waals surface area contributed by atoms with Crippen molar-refractivity contribution in [1.82, 2.24) is 19.0 Å². The van der Waals surface area contributed by atoms with E-state index in [1.807, 2.05) is 6.92 Å². The maximum absolute atomic E-state index is 12.8. The van der Waals surface area contributed by atoms with E-state index in [-0.39, 0.29) is 17.0 Å². The largest absolute Gasteiger partial charge is 0.420 e. The van der Waals surface area contributed by atoms with Crippen LogP contribution in [0.3, 0.4) is 0 Å². The number of hydrogen-bond donors (Lipinski definition) is 0. The molecule has 1 aliphatic rings. The Morgan fingerprint density at radius 1 is 1.22 bits per heavy atom. The van der Waals surface area contributed by atoms with Gasteiger partial charge in [-0.25, -0.2) is 13.2 Å². The molecular weight excluding hydrogens is 376 g/mol. The predicted octanol–water partition coefficient (Wildman–Crippen LogP) is 0.609. The number of aromatic nitrogens is 3. The van der Waals surface area contributed by atoms with Crippen LogP contribution < -0.4 is 5.76 Å². The summed E-state index contributed by atoms with van der Waals surface area (Å²) in [6, 6.07) is 4.38. The fourth-order valence-electron chi connectivity index (χ4n) is 2.93.